The van der Waals surface area contributed by atoms with Crippen molar-refractivity contribution in [3.05, 3.63) is 23.8 Å². The first-order valence-corrected chi connectivity index (χ1v) is 6.01. The van der Waals surface area contributed by atoms with Crippen molar-refractivity contribution in [3.8, 4) is 11.5 Å². The van der Waals surface area contributed by atoms with Gasteiger partial charge in [-0.15, -0.1) is 0 Å². The molecule has 96 valence electrons. The molecule has 0 aliphatic carbocycles. The minimum Gasteiger partial charge on any atom is -0.493 e. The standard InChI is InChI=1S/C14H23NO2/c1-6-17-13-9-11(7-8-12(13)16-5)10-14(2,3)15-4/h7-9,15H,6,10H2,1-5H3. The van der Waals surface area contributed by atoms with E-state index in [0.29, 0.717) is 6.61 Å². The van der Waals surface area contributed by atoms with Crippen LogP contribution in [0.3, 0.4) is 0 Å². The SMILES string of the molecule is CCOc1cc(CC(C)(C)NC)ccc1OC. The molecule has 0 aliphatic heterocycles. The largest absolute Gasteiger partial charge is 0.493 e. The smallest absolute Gasteiger partial charge is 0.161 e. The van der Waals surface area contributed by atoms with Crippen molar-refractivity contribution >= 4 is 0 Å². The molecule has 0 bridgehead atoms. The molecule has 0 fully saturated rings. The molecule has 0 aromatic heterocycles. The molecule has 0 saturated heterocycles. The van der Waals surface area contributed by atoms with E-state index in [9.17, 15) is 0 Å². The summed E-state index contributed by atoms with van der Waals surface area (Å²) >= 11 is 0. The third-order valence-corrected chi connectivity index (χ3v) is 2.85. The van der Waals surface area contributed by atoms with E-state index in [1.165, 1.54) is 5.56 Å². The Labute approximate surface area is 104 Å². The summed E-state index contributed by atoms with van der Waals surface area (Å²) < 4.78 is 10.8. The highest BCUT2D eigenvalue weighted by atomic mass is 16.5. The Hall–Kier alpha value is -1.22. The fourth-order valence-electron chi connectivity index (χ4n) is 1.70. The van der Waals surface area contributed by atoms with Crippen LogP contribution in [0.25, 0.3) is 0 Å². The van der Waals surface area contributed by atoms with Gasteiger partial charge in [-0.3, -0.25) is 0 Å². The highest BCUT2D eigenvalue weighted by molar-refractivity contribution is 5.43. The summed E-state index contributed by atoms with van der Waals surface area (Å²) in [6, 6.07) is 6.11. The normalized spacial score (nSPS) is 11.4. The average molecular weight is 237 g/mol. The third kappa shape index (κ3) is 3.93. The van der Waals surface area contributed by atoms with Gasteiger partial charge in [0.05, 0.1) is 13.7 Å². The van der Waals surface area contributed by atoms with Gasteiger partial charge in [-0.1, -0.05) is 6.07 Å². The summed E-state index contributed by atoms with van der Waals surface area (Å²) in [6.07, 6.45) is 0.952. The summed E-state index contributed by atoms with van der Waals surface area (Å²) in [4.78, 5) is 0. The van der Waals surface area contributed by atoms with Crippen molar-refractivity contribution in [3.63, 3.8) is 0 Å². The second kappa shape index (κ2) is 5.92. The molecule has 1 aromatic rings. The van der Waals surface area contributed by atoms with Crippen molar-refractivity contribution in [2.45, 2.75) is 32.7 Å². The molecule has 0 atom stereocenters. The molecule has 0 aliphatic rings. The van der Waals surface area contributed by atoms with E-state index >= 15 is 0 Å². The maximum atomic E-state index is 5.57. The lowest BCUT2D eigenvalue weighted by molar-refractivity contribution is 0.310. The number of likely N-dealkylation sites (N-methyl/N-ethyl adjacent to an activating group) is 1. The molecule has 3 nitrogen and oxygen atoms in total. The van der Waals surface area contributed by atoms with Gasteiger partial charge in [0, 0.05) is 5.54 Å². The first-order chi connectivity index (χ1) is 8.02. The van der Waals surface area contributed by atoms with Crippen LogP contribution in [0.2, 0.25) is 0 Å². The van der Waals surface area contributed by atoms with Crippen molar-refractivity contribution < 1.29 is 9.47 Å². The molecular formula is C14H23NO2. The predicted octanol–water partition coefficient (Wildman–Crippen LogP) is 2.63. The van der Waals surface area contributed by atoms with Crippen molar-refractivity contribution in [1.29, 1.82) is 0 Å². The number of methoxy groups -OCH3 is 1. The summed E-state index contributed by atoms with van der Waals surface area (Å²) in [5.41, 5.74) is 1.33. The Kier molecular flexibility index (Phi) is 4.82. The minimum absolute atomic E-state index is 0.0814. The quantitative estimate of drug-likeness (QED) is 0.825. The van der Waals surface area contributed by atoms with Gasteiger partial charge in [0.2, 0.25) is 0 Å². The lowest BCUT2D eigenvalue weighted by Crippen LogP contribution is -2.38. The molecule has 0 radical (unpaired) electrons. The maximum absolute atomic E-state index is 5.57. The molecule has 1 aromatic carbocycles. The third-order valence-electron chi connectivity index (χ3n) is 2.85. The van der Waals surface area contributed by atoms with E-state index in [-0.39, 0.29) is 5.54 Å². The van der Waals surface area contributed by atoms with Crippen LogP contribution in [-0.4, -0.2) is 26.3 Å². The van der Waals surface area contributed by atoms with Crippen LogP contribution >= 0.6 is 0 Å². The number of nitrogens with one attached hydrogen (secondary N) is 1. The lowest BCUT2D eigenvalue weighted by atomic mass is 9.95. The van der Waals surface area contributed by atoms with Crippen LogP contribution in [0.4, 0.5) is 0 Å². The van der Waals surface area contributed by atoms with E-state index < -0.39 is 0 Å². The molecule has 0 saturated carbocycles. The Morgan fingerprint density at radius 2 is 1.94 bits per heavy atom. The van der Waals surface area contributed by atoms with Gasteiger partial charge in [0.1, 0.15) is 0 Å². The van der Waals surface area contributed by atoms with Gasteiger partial charge in [-0.25, -0.2) is 0 Å². The average Bonchev–Trinajstić information content (AvgIpc) is 2.29. The van der Waals surface area contributed by atoms with Gasteiger partial charge >= 0.3 is 0 Å². The first-order valence-electron chi connectivity index (χ1n) is 6.01. The summed E-state index contributed by atoms with van der Waals surface area (Å²) in [7, 11) is 3.64. The van der Waals surface area contributed by atoms with Gasteiger partial charge in [-0.2, -0.15) is 0 Å². The Bertz CT molecular complexity index is 361. The number of rotatable bonds is 6. The van der Waals surface area contributed by atoms with Crippen molar-refractivity contribution in [1.82, 2.24) is 5.32 Å². The summed E-state index contributed by atoms with van der Waals surface area (Å²) in [6.45, 7) is 6.98. The predicted molar refractivity (Wildman–Crippen MR) is 71.0 cm³/mol. The fourth-order valence-corrected chi connectivity index (χ4v) is 1.70. The monoisotopic (exact) mass is 237 g/mol. The molecule has 17 heavy (non-hydrogen) atoms. The van der Waals surface area contributed by atoms with Crippen LogP contribution in [0.1, 0.15) is 26.3 Å². The second-order valence-corrected chi connectivity index (χ2v) is 4.73. The number of ether oxygens (including phenoxy) is 2. The second-order valence-electron chi connectivity index (χ2n) is 4.73. The molecule has 0 spiro atoms. The molecule has 3 heteroatoms. The highest BCUT2D eigenvalue weighted by Crippen LogP contribution is 2.29. The van der Waals surface area contributed by atoms with E-state index in [0.717, 1.165) is 17.9 Å². The number of hydrogen-bond donors (Lipinski definition) is 1. The van der Waals surface area contributed by atoms with E-state index in [1.54, 1.807) is 7.11 Å². The Balaban J connectivity index is 2.91. The van der Waals surface area contributed by atoms with Crippen LogP contribution in [0.5, 0.6) is 11.5 Å². The number of benzene rings is 1. The minimum atomic E-state index is 0.0814. The molecule has 1 N–H and O–H groups in total. The zero-order valence-electron chi connectivity index (χ0n) is 11.5. The molecule has 0 amide bonds. The molecule has 0 heterocycles. The lowest BCUT2D eigenvalue weighted by Gasteiger charge is -2.24. The topological polar surface area (TPSA) is 30.5 Å². The van der Waals surface area contributed by atoms with Crippen molar-refractivity contribution in [2.75, 3.05) is 20.8 Å². The van der Waals surface area contributed by atoms with Crippen molar-refractivity contribution in [2.24, 2.45) is 0 Å². The van der Waals surface area contributed by atoms with E-state index in [1.807, 2.05) is 20.0 Å². The molecule has 1 rings (SSSR count). The van der Waals surface area contributed by atoms with Crippen LogP contribution in [-0.2, 0) is 6.42 Å². The van der Waals surface area contributed by atoms with E-state index in [4.69, 9.17) is 9.47 Å². The highest BCUT2D eigenvalue weighted by Gasteiger charge is 2.16. The van der Waals surface area contributed by atoms with E-state index in [2.05, 4.69) is 31.3 Å². The van der Waals surface area contributed by atoms with Crippen LogP contribution in [0.15, 0.2) is 18.2 Å². The molecular weight excluding hydrogens is 214 g/mol. The Morgan fingerprint density at radius 1 is 1.24 bits per heavy atom. The van der Waals surface area contributed by atoms with Gasteiger partial charge in [-0.05, 0) is 51.9 Å². The van der Waals surface area contributed by atoms with Gasteiger partial charge < -0.3 is 14.8 Å². The number of hydrogen-bond acceptors (Lipinski definition) is 3. The zero-order chi connectivity index (χ0) is 12.9. The van der Waals surface area contributed by atoms with Crippen LogP contribution < -0.4 is 14.8 Å². The summed E-state index contributed by atoms with van der Waals surface area (Å²) in [5.74, 6) is 1.61. The maximum Gasteiger partial charge on any atom is 0.161 e. The van der Waals surface area contributed by atoms with Crippen LogP contribution in [0, 0.1) is 0 Å². The molecule has 0 unspecified atom stereocenters. The Morgan fingerprint density at radius 3 is 2.47 bits per heavy atom. The summed E-state index contributed by atoms with van der Waals surface area (Å²) in [5, 5.41) is 3.30. The zero-order valence-corrected chi connectivity index (χ0v) is 11.5. The fraction of sp³-hybridized carbons (Fsp3) is 0.571. The first kappa shape index (κ1) is 13.8. The van der Waals surface area contributed by atoms with Gasteiger partial charge in [0.15, 0.2) is 11.5 Å². The van der Waals surface area contributed by atoms with Gasteiger partial charge in [0.25, 0.3) is 0 Å².